The van der Waals surface area contributed by atoms with E-state index in [2.05, 4.69) is 16.0 Å². The molecule has 22 heavy (non-hydrogen) atoms. The van der Waals surface area contributed by atoms with Crippen LogP contribution in [0.3, 0.4) is 0 Å². The molecule has 2 aromatic rings. The van der Waals surface area contributed by atoms with E-state index in [9.17, 15) is 4.79 Å². The summed E-state index contributed by atoms with van der Waals surface area (Å²) in [5.74, 6) is 0.0953. The van der Waals surface area contributed by atoms with Crippen LogP contribution < -0.4 is 5.73 Å². The summed E-state index contributed by atoms with van der Waals surface area (Å²) in [5, 5.41) is 9.49. The summed E-state index contributed by atoms with van der Waals surface area (Å²) >= 11 is 1.35. The summed E-state index contributed by atoms with van der Waals surface area (Å²) in [6, 6.07) is 9.46. The van der Waals surface area contributed by atoms with Crippen LogP contribution in [0.1, 0.15) is 28.4 Å². The predicted octanol–water partition coefficient (Wildman–Crippen LogP) is 2.40. The maximum Gasteiger partial charge on any atom is 0.343 e. The van der Waals surface area contributed by atoms with Crippen molar-refractivity contribution < 1.29 is 9.53 Å². The molecule has 1 aromatic heterocycles. The summed E-state index contributed by atoms with van der Waals surface area (Å²) in [6.45, 7) is 1.98. The van der Waals surface area contributed by atoms with Crippen LogP contribution in [0, 0.1) is 11.3 Å². The molecule has 6 nitrogen and oxygen atoms in total. The first-order chi connectivity index (χ1) is 10.7. The van der Waals surface area contributed by atoms with Crippen molar-refractivity contribution in [2.45, 2.75) is 17.8 Å². The lowest BCUT2D eigenvalue weighted by Crippen LogP contribution is -2.10. The van der Waals surface area contributed by atoms with Crippen LogP contribution in [0.5, 0.6) is 0 Å². The molecule has 0 saturated heterocycles. The van der Waals surface area contributed by atoms with E-state index in [4.69, 9.17) is 15.7 Å². The van der Waals surface area contributed by atoms with Gasteiger partial charge in [0, 0.05) is 11.9 Å². The standard InChI is InChI=1S/C15H14N4O2S/c1-2-21-14(20)12-8-18-15(19-13(12)17)22-9-11-6-4-3-5-10(11)7-16/h3-6,8H,2,9H2,1H3,(H2,17,18,19). The summed E-state index contributed by atoms with van der Waals surface area (Å²) in [5.41, 5.74) is 7.43. The smallest absolute Gasteiger partial charge is 0.343 e. The molecular formula is C15H14N4O2S. The average molecular weight is 314 g/mol. The van der Waals surface area contributed by atoms with Gasteiger partial charge in [-0.2, -0.15) is 5.26 Å². The Morgan fingerprint density at radius 1 is 1.45 bits per heavy atom. The number of ether oxygens (including phenoxy) is 1. The Balaban J connectivity index is 2.10. The van der Waals surface area contributed by atoms with E-state index < -0.39 is 5.97 Å². The Morgan fingerprint density at radius 3 is 2.91 bits per heavy atom. The van der Waals surface area contributed by atoms with Gasteiger partial charge in [0.25, 0.3) is 0 Å². The highest BCUT2D eigenvalue weighted by atomic mass is 32.2. The summed E-state index contributed by atoms with van der Waals surface area (Å²) in [4.78, 5) is 19.8. The Bertz CT molecular complexity index is 728. The lowest BCUT2D eigenvalue weighted by Gasteiger charge is -2.06. The predicted molar refractivity (Wildman–Crippen MR) is 83.1 cm³/mol. The fourth-order valence-electron chi connectivity index (χ4n) is 1.71. The lowest BCUT2D eigenvalue weighted by molar-refractivity contribution is 0.0526. The number of nitriles is 1. The number of nitrogens with two attached hydrogens (primary N) is 1. The van der Waals surface area contributed by atoms with Crippen molar-refractivity contribution in [2.24, 2.45) is 0 Å². The van der Waals surface area contributed by atoms with Crippen LogP contribution in [0.25, 0.3) is 0 Å². The maximum atomic E-state index is 11.6. The molecule has 0 bridgehead atoms. The van der Waals surface area contributed by atoms with Crippen molar-refractivity contribution in [3.05, 3.63) is 47.2 Å². The topological polar surface area (TPSA) is 102 Å². The highest BCUT2D eigenvalue weighted by Crippen LogP contribution is 2.22. The van der Waals surface area contributed by atoms with Crippen LogP contribution in [0.4, 0.5) is 5.82 Å². The number of carbonyl (C=O) groups excluding carboxylic acids is 1. The molecule has 0 unspecified atom stereocenters. The number of hydrogen-bond acceptors (Lipinski definition) is 7. The van der Waals surface area contributed by atoms with Gasteiger partial charge in [0.2, 0.25) is 0 Å². The molecule has 112 valence electrons. The van der Waals surface area contributed by atoms with Gasteiger partial charge in [-0.15, -0.1) is 0 Å². The molecule has 0 aliphatic carbocycles. The van der Waals surface area contributed by atoms with Gasteiger partial charge in [0.15, 0.2) is 5.16 Å². The minimum atomic E-state index is -0.536. The summed E-state index contributed by atoms with van der Waals surface area (Å²) in [6.07, 6.45) is 1.36. The Labute approximate surface area is 132 Å². The number of carbonyl (C=O) groups is 1. The third-order valence-corrected chi connectivity index (χ3v) is 3.70. The van der Waals surface area contributed by atoms with E-state index in [-0.39, 0.29) is 18.0 Å². The van der Waals surface area contributed by atoms with E-state index >= 15 is 0 Å². The largest absolute Gasteiger partial charge is 0.462 e. The Kier molecular flexibility index (Phi) is 5.33. The normalized spacial score (nSPS) is 10.0. The van der Waals surface area contributed by atoms with Crippen molar-refractivity contribution in [3.63, 3.8) is 0 Å². The highest BCUT2D eigenvalue weighted by molar-refractivity contribution is 7.98. The summed E-state index contributed by atoms with van der Waals surface area (Å²) < 4.78 is 4.87. The third kappa shape index (κ3) is 3.74. The molecular weight excluding hydrogens is 300 g/mol. The van der Waals surface area contributed by atoms with Crippen LogP contribution in [0.2, 0.25) is 0 Å². The van der Waals surface area contributed by atoms with Gasteiger partial charge in [0.05, 0.1) is 18.2 Å². The number of hydrogen-bond donors (Lipinski definition) is 1. The second-order valence-corrected chi connectivity index (χ2v) is 5.17. The van der Waals surface area contributed by atoms with Crippen molar-refractivity contribution in [3.8, 4) is 6.07 Å². The fraction of sp³-hybridized carbons (Fsp3) is 0.200. The molecule has 1 heterocycles. The van der Waals surface area contributed by atoms with Crippen LogP contribution in [-0.2, 0) is 10.5 Å². The Hall–Kier alpha value is -2.59. The number of thioether (sulfide) groups is 1. The zero-order chi connectivity index (χ0) is 15.9. The lowest BCUT2D eigenvalue weighted by atomic mass is 10.1. The molecule has 0 atom stereocenters. The van der Waals surface area contributed by atoms with Gasteiger partial charge < -0.3 is 10.5 Å². The quantitative estimate of drug-likeness (QED) is 0.513. The number of nitrogens with zero attached hydrogens (tertiary/aromatic N) is 3. The van der Waals surface area contributed by atoms with Crippen LogP contribution in [0.15, 0.2) is 35.6 Å². The second-order valence-electron chi connectivity index (χ2n) is 4.23. The van der Waals surface area contributed by atoms with Gasteiger partial charge in [-0.1, -0.05) is 30.0 Å². The monoisotopic (exact) mass is 314 g/mol. The highest BCUT2D eigenvalue weighted by Gasteiger charge is 2.14. The van der Waals surface area contributed by atoms with Crippen molar-refractivity contribution in [1.82, 2.24) is 9.97 Å². The molecule has 0 amide bonds. The van der Waals surface area contributed by atoms with E-state index in [0.717, 1.165) is 5.56 Å². The first-order valence-electron chi connectivity index (χ1n) is 6.56. The van der Waals surface area contributed by atoms with Gasteiger partial charge in [-0.25, -0.2) is 14.8 Å². The minimum absolute atomic E-state index is 0.0875. The second kappa shape index (κ2) is 7.43. The third-order valence-electron chi connectivity index (χ3n) is 2.79. The number of anilines is 1. The number of aromatic nitrogens is 2. The number of esters is 1. The average Bonchev–Trinajstić information content (AvgIpc) is 2.53. The Morgan fingerprint density at radius 2 is 2.23 bits per heavy atom. The van der Waals surface area contributed by atoms with Gasteiger partial charge >= 0.3 is 5.97 Å². The molecule has 0 spiro atoms. The first kappa shape index (κ1) is 15.8. The molecule has 0 fully saturated rings. The molecule has 2 rings (SSSR count). The minimum Gasteiger partial charge on any atom is -0.462 e. The number of nitrogen functional groups attached to an aromatic ring is 1. The summed E-state index contributed by atoms with van der Waals surface area (Å²) in [7, 11) is 0. The van der Waals surface area contributed by atoms with Gasteiger partial charge in [-0.3, -0.25) is 0 Å². The van der Waals surface area contributed by atoms with E-state index in [1.54, 1.807) is 13.0 Å². The maximum absolute atomic E-state index is 11.6. The van der Waals surface area contributed by atoms with E-state index in [0.29, 0.717) is 16.5 Å². The first-order valence-corrected chi connectivity index (χ1v) is 7.54. The molecule has 1 aromatic carbocycles. The zero-order valence-corrected chi connectivity index (χ0v) is 12.8. The molecule has 0 aliphatic rings. The fourth-order valence-corrected chi connectivity index (χ4v) is 2.54. The van der Waals surface area contributed by atoms with Crippen LogP contribution in [-0.4, -0.2) is 22.5 Å². The van der Waals surface area contributed by atoms with Gasteiger partial charge in [-0.05, 0) is 18.6 Å². The number of benzene rings is 1. The SMILES string of the molecule is CCOC(=O)c1cnc(SCc2ccccc2C#N)nc1N. The van der Waals surface area contributed by atoms with E-state index in [1.165, 1.54) is 18.0 Å². The molecule has 2 N–H and O–H groups in total. The zero-order valence-electron chi connectivity index (χ0n) is 11.9. The molecule has 0 radical (unpaired) electrons. The number of rotatable bonds is 5. The van der Waals surface area contributed by atoms with Crippen molar-refractivity contribution >= 4 is 23.5 Å². The molecule has 7 heteroatoms. The van der Waals surface area contributed by atoms with E-state index in [1.807, 2.05) is 18.2 Å². The van der Waals surface area contributed by atoms with Crippen LogP contribution >= 0.6 is 11.8 Å². The molecule has 0 saturated carbocycles. The van der Waals surface area contributed by atoms with Gasteiger partial charge in [0.1, 0.15) is 11.4 Å². The van der Waals surface area contributed by atoms with Crippen molar-refractivity contribution in [2.75, 3.05) is 12.3 Å². The molecule has 0 aliphatic heterocycles. The van der Waals surface area contributed by atoms with Crippen molar-refractivity contribution in [1.29, 1.82) is 5.26 Å².